The standard InChI is InChI=1S/C26H31FN2OS/c1-5-7-18-29(4)25(30)17-11-14-22(6-2)31-24-16-9-8-15-23(24)26(28-3)20-12-10-13-21(27)19-20/h6,8-16,19H,5,7,17-18H2,1-4H3/b14-11-,22-6+,28-26?. The summed E-state index contributed by atoms with van der Waals surface area (Å²) in [4.78, 5) is 20.5. The van der Waals surface area contributed by atoms with Gasteiger partial charge >= 0.3 is 0 Å². The minimum absolute atomic E-state index is 0.122. The van der Waals surface area contributed by atoms with Crippen LogP contribution in [0.15, 0.2) is 81.6 Å². The van der Waals surface area contributed by atoms with Crippen molar-refractivity contribution in [1.29, 1.82) is 0 Å². The number of nitrogens with zero attached hydrogens (tertiary/aromatic N) is 2. The van der Waals surface area contributed by atoms with Crippen LogP contribution >= 0.6 is 11.8 Å². The highest BCUT2D eigenvalue weighted by atomic mass is 32.2. The molecule has 0 heterocycles. The zero-order valence-corrected chi connectivity index (χ0v) is 19.6. The van der Waals surface area contributed by atoms with Gasteiger partial charge < -0.3 is 4.90 Å². The molecule has 0 aliphatic carbocycles. The van der Waals surface area contributed by atoms with E-state index in [1.165, 1.54) is 12.1 Å². The second-order valence-electron chi connectivity index (χ2n) is 7.15. The van der Waals surface area contributed by atoms with Gasteiger partial charge in [-0.05, 0) is 31.5 Å². The van der Waals surface area contributed by atoms with Crippen LogP contribution in [0.3, 0.4) is 0 Å². The second-order valence-corrected chi connectivity index (χ2v) is 8.26. The first-order chi connectivity index (χ1) is 15.0. The van der Waals surface area contributed by atoms with Crippen molar-refractivity contribution in [3.63, 3.8) is 0 Å². The smallest absolute Gasteiger partial charge is 0.226 e. The number of hydrogen-bond donors (Lipinski definition) is 0. The van der Waals surface area contributed by atoms with Gasteiger partial charge in [-0.2, -0.15) is 0 Å². The molecule has 2 aromatic carbocycles. The molecule has 0 atom stereocenters. The summed E-state index contributed by atoms with van der Waals surface area (Å²) < 4.78 is 13.8. The molecule has 0 fully saturated rings. The lowest BCUT2D eigenvalue weighted by Gasteiger charge is -2.15. The molecule has 0 bridgehead atoms. The molecular weight excluding hydrogens is 407 g/mol. The summed E-state index contributed by atoms with van der Waals surface area (Å²) in [5, 5.41) is 0. The van der Waals surface area contributed by atoms with Crippen molar-refractivity contribution < 1.29 is 9.18 Å². The highest BCUT2D eigenvalue weighted by Crippen LogP contribution is 2.32. The molecule has 0 aliphatic rings. The number of halogens is 1. The van der Waals surface area contributed by atoms with Crippen molar-refractivity contribution in [2.45, 2.75) is 38.0 Å². The molecule has 2 aromatic rings. The van der Waals surface area contributed by atoms with Crippen LogP contribution in [0.1, 0.15) is 44.2 Å². The fourth-order valence-electron chi connectivity index (χ4n) is 3.06. The summed E-state index contributed by atoms with van der Waals surface area (Å²) in [5.41, 5.74) is 2.44. The molecule has 0 saturated carbocycles. The van der Waals surface area contributed by atoms with E-state index in [9.17, 15) is 9.18 Å². The Balaban J connectivity index is 2.16. The average molecular weight is 439 g/mol. The van der Waals surface area contributed by atoms with E-state index in [0.29, 0.717) is 6.42 Å². The molecule has 0 saturated heterocycles. The quantitative estimate of drug-likeness (QED) is 0.241. The van der Waals surface area contributed by atoms with Crippen molar-refractivity contribution in [2.75, 3.05) is 20.6 Å². The Labute approximate surface area is 189 Å². The molecular formula is C26H31FN2OS. The SMILES string of the molecule is C/C=C(\C=C/CC(=O)N(C)CCCC)Sc1ccccc1C(=NC)c1cccc(F)c1. The zero-order valence-electron chi connectivity index (χ0n) is 18.8. The fourth-order valence-corrected chi connectivity index (χ4v) is 4.02. The lowest BCUT2D eigenvalue weighted by atomic mass is 10.0. The lowest BCUT2D eigenvalue weighted by molar-refractivity contribution is -0.129. The van der Waals surface area contributed by atoms with Crippen molar-refractivity contribution in [3.8, 4) is 0 Å². The van der Waals surface area contributed by atoms with E-state index in [0.717, 1.165) is 46.0 Å². The van der Waals surface area contributed by atoms with Gasteiger partial charge in [-0.25, -0.2) is 4.39 Å². The summed E-state index contributed by atoms with van der Waals surface area (Å²) >= 11 is 1.61. The maximum Gasteiger partial charge on any atom is 0.226 e. The summed E-state index contributed by atoms with van der Waals surface area (Å²) in [6, 6.07) is 14.5. The van der Waals surface area contributed by atoms with Gasteiger partial charge in [0.2, 0.25) is 5.91 Å². The van der Waals surface area contributed by atoms with Crippen molar-refractivity contribution >= 4 is 23.4 Å². The third kappa shape index (κ3) is 7.51. The summed E-state index contributed by atoms with van der Waals surface area (Å²) in [6.07, 6.45) is 8.39. The number of aliphatic imine (C=N–C) groups is 1. The first-order valence-electron chi connectivity index (χ1n) is 10.6. The van der Waals surface area contributed by atoms with Gasteiger partial charge in [0.15, 0.2) is 0 Å². The largest absolute Gasteiger partial charge is 0.345 e. The number of carbonyl (C=O) groups is 1. The number of thioether (sulfide) groups is 1. The van der Waals surface area contributed by atoms with E-state index < -0.39 is 0 Å². The maximum atomic E-state index is 13.8. The van der Waals surface area contributed by atoms with Crippen LogP contribution in [0, 0.1) is 5.82 Å². The van der Waals surface area contributed by atoms with Crippen molar-refractivity contribution in [3.05, 3.63) is 88.6 Å². The maximum absolute atomic E-state index is 13.8. The van der Waals surface area contributed by atoms with E-state index >= 15 is 0 Å². The normalized spacial score (nSPS) is 12.4. The predicted molar refractivity (Wildman–Crippen MR) is 130 cm³/mol. The van der Waals surface area contributed by atoms with E-state index in [1.54, 1.807) is 29.8 Å². The molecule has 1 amide bonds. The molecule has 0 N–H and O–H groups in total. The number of hydrogen-bond acceptors (Lipinski definition) is 3. The number of unbranched alkanes of at least 4 members (excludes halogenated alkanes) is 1. The molecule has 0 spiro atoms. The van der Waals surface area contributed by atoms with Gasteiger partial charge in [-0.1, -0.05) is 73.7 Å². The predicted octanol–water partition coefficient (Wildman–Crippen LogP) is 6.49. The second kappa shape index (κ2) is 12.9. The molecule has 164 valence electrons. The Bertz CT molecular complexity index is 965. The number of rotatable bonds is 10. The first kappa shape index (κ1) is 24.6. The first-order valence-corrected chi connectivity index (χ1v) is 11.4. The van der Waals surface area contributed by atoms with Crippen LogP contribution in [-0.4, -0.2) is 37.2 Å². The van der Waals surface area contributed by atoms with Gasteiger partial charge in [-0.15, -0.1) is 0 Å². The Kier molecular flexibility index (Phi) is 10.2. The Morgan fingerprint density at radius 3 is 2.65 bits per heavy atom. The molecule has 2 rings (SSSR count). The van der Waals surface area contributed by atoms with Crippen LogP contribution in [-0.2, 0) is 4.79 Å². The van der Waals surface area contributed by atoms with Gasteiger partial charge in [-0.3, -0.25) is 9.79 Å². The van der Waals surface area contributed by atoms with Gasteiger partial charge in [0, 0.05) is 48.0 Å². The number of carbonyl (C=O) groups excluding carboxylic acids is 1. The topological polar surface area (TPSA) is 32.7 Å². The number of amides is 1. The number of benzene rings is 2. The molecule has 5 heteroatoms. The average Bonchev–Trinajstić information content (AvgIpc) is 2.78. The summed E-state index contributed by atoms with van der Waals surface area (Å²) in [7, 11) is 3.57. The van der Waals surface area contributed by atoms with E-state index in [2.05, 4.69) is 11.9 Å². The Hall–Kier alpha value is -2.66. The van der Waals surface area contributed by atoms with Crippen molar-refractivity contribution in [2.24, 2.45) is 4.99 Å². The van der Waals surface area contributed by atoms with Crippen LogP contribution in [0.2, 0.25) is 0 Å². The fraction of sp³-hybridized carbons (Fsp3) is 0.308. The lowest BCUT2D eigenvalue weighted by Crippen LogP contribution is -2.26. The highest BCUT2D eigenvalue weighted by molar-refractivity contribution is 8.03. The third-order valence-electron chi connectivity index (χ3n) is 4.82. The van der Waals surface area contributed by atoms with Gasteiger partial charge in [0.1, 0.15) is 5.82 Å². The Morgan fingerprint density at radius 1 is 1.19 bits per heavy atom. The third-order valence-corrected chi connectivity index (χ3v) is 6.01. The number of allylic oxidation sites excluding steroid dienone is 2. The van der Waals surface area contributed by atoms with E-state index in [1.807, 2.05) is 62.5 Å². The monoisotopic (exact) mass is 438 g/mol. The minimum atomic E-state index is -0.283. The minimum Gasteiger partial charge on any atom is -0.345 e. The van der Waals surface area contributed by atoms with Gasteiger partial charge in [0.25, 0.3) is 0 Å². The van der Waals surface area contributed by atoms with Crippen LogP contribution in [0.25, 0.3) is 0 Å². The van der Waals surface area contributed by atoms with E-state index in [-0.39, 0.29) is 11.7 Å². The molecule has 3 nitrogen and oxygen atoms in total. The van der Waals surface area contributed by atoms with Gasteiger partial charge in [0.05, 0.1) is 5.71 Å². The Morgan fingerprint density at radius 2 is 1.97 bits per heavy atom. The van der Waals surface area contributed by atoms with Crippen LogP contribution in [0.4, 0.5) is 4.39 Å². The zero-order chi connectivity index (χ0) is 22.6. The summed E-state index contributed by atoms with van der Waals surface area (Å²) in [5.74, 6) is -0.161. The van der Waals surface area contributed by atoms with Crippen molar-refractivity contribution in [1.82, 2.24) is 4.90 Å². The molecule has 0 unspecified atom stereocenters. The summed E-state index contributed by atoms with van der Waals surface area (Å²) in [6.45, 7) is 4.89. The highest BCUT2D eigenvalue weighted by Gasteiger charge is 2.13. The molecule has 0 radical (unpaired) electrons. The molecule has 0 aromatic heterocycles. The molecule has 31 heavy (non-hydrogen) atoms. The van der Waals surface area contributed by atoms with E-state index in [4.69, 9.17) is 0 Å². The van der Waals surface area contributed by atoms with Crippen LogP contribution < -0.4 is 0 Å². The molecule has 0 aliphatic heterocycles. The van der Waals surface area contributed by atoms with Crippen LogP contribution in [0.5, 0.6) is 0 Å².